The van der Waals surface area contributed by atoms with E-state index >= 15 is 0 Å². The molecule has 0 aliphatic carbocycles. The molecule has 0 radical (unpaired) electrons. The molecule has 4 aromatic rings. The quantitative estimate of drug-likeness (QED) is 0.298. The van der Waals surface area contributed by atoms with Crippen LogP contribution in [0.4, 0.5) is 5.69 Å². The van der Waals surface area contributed by atoms with Gasteiger partial charge >= 0.3 is 0 Å². The highest BCUT2D eigenvalue weighted by Crippen LogP contribution is 2.33. The summed E-state index contributed by atoms with van der Waals surface area (Å²) in [7, 11) is 3.95. The first kappa shape index (κ1) is 21.6. The lowest BCUT2D eigenvalue weighted by Gasteiger charge is -2.18. The summed E-state index contributed by atoms with van der Waals surface area (Å²) in [5.74, 6) is -0.227. The van der Waals surface area contributed by atoms with Crippen LogP contribution in [-0.4, -0.2) is 63.3 Å². The van der Waals surface area contributed by atoms with Crippen LogP contribution >= 0.6 is 11.8 Å². The number of nitrogens with zero attached hydrogens (tertiary/aromatic N) is 5. The fraction of sp³-hybridized carbons (Fsp3) is 0.227. The molecule has 0 aliphatic heterocycles. The number of aromatic amines is 1. The summed E-state index contributed by atoms with van der Waals surface area (Å²) in [5, 5.41) is 15.7. The smallest absolute Gasteiger partial charge is 0.293 e. The van der Waals surface area contributed by atoms with Crippen LogP contribution in [0.25, 0.3) is 10.9 Å². The van der Waals surface area contributed by atoms with Gasteiger partial charge in [-0.2, -0.15) is 4.80 Å². The average molecular weight is 450 g/mol. The van der Waals surface area contributed by atoms with E-state index in [2.05, 4.69) is 37.8 Å². The zero-order chi connectivity index (χ0) is 22.5. The van der Waals surface area contributed by atoms with Crippen LogP contribution in [0.2, 0.25) is 0 Å². The number of aromatic nitrogens is 5. The molecule has 2 N–H and O–H groups in total. The molecule has 0 bridgehead atoms. The molecule has 0 spiro atoms. The number of carbonyl (C=O) groups is 2. The second kappa shape index (κ2) is 9.65. The second-order valence-corrected chi connectivity index (χ2v) is 8.50. The van der Waals surface area contributed by atoms with Crippen molar-refractivity contribution < 1.29 is 9.59 Å². The summed E-state index contributed by atoms with van der Waals surface area (Å²) in [6.45, 7) is 0.405. The third-order valence-electron chi connectivity index (χ3n) is 4.84. The van der Waals surface area contributed by atoms with Crippen LogP contribution in [0.5, 0.6) is 0 Å². The number of rotatable bonds is 9. The van der Waals surface area contributed by atoms with Crippen molar-refractivity contribution in [1.29, 1.82) is 0 Å². The molecule has 2 aromatic carbocycles. The first-order chi connectivity index (χ1) is 15.5. The molecule has 2 aromatic heterocycles. The second-order valence-electron chi connectivity index (χ2n) is 7.44. The third kappa shape index (κ3) is 4.97. The molecule has 164 valence electrons. The van der Waals surface area contributed by atoms with Crippen molar-refractivity contribution in [3.05, 3.63) is 66.1 Å². The van der Waals surface area contributed by atoms with Gasteiger partial charge in [-0.25, -0.2) is 0 Å². The van der Waals surface area contributed by atoms with Gasteiger partial charge in [0.15, 0.2) is 0 Å². The fourth-order valence-corrected chi connectivity index (χ4v) is 4.32. The van der Waals surface area contributed by atoms with Gasteiger partial charge in [0.2, 0.25) is 0 Å². The number of anilines is 1. The van der Waals surface area contributed by atoms with Crippen molar-refractivity contribution in [1.82, 2.24) is 30.5 Å². The van der Waals surface area contributed by atoms with Crippen LogP contribution < -0.4 is 10.2 Å². The van der Waals surface area contributed by atoms with Crippen LogP contribution in [0.3, 0.4) is 0 Å². The maximum atomic E-state index is 12.5. The van der Waals surface area contributed by atoms with E-state index in [1.54, 1.807) is 0 Å². The monoisotopic (exact) mass is 449 g/mol. The SMILES string of the molecule is CN(C)c1cc2cc[nH]c2cc1SC[C@@H](C=O)NC(=O)c1nnn(Cc2ccccc2)n1. The van der Waals surface area contributed by atoms with Crippen LogP contribution in [0.1, 0.15) is 16.2 Å². The van der Waals surface area contributed by atoms with Crippen molar-refractivity contribution in [2.45, 2.75) is 17.5 Å². The first-order valence-corrected chi connectivity index (χ1v) is 11.0. The Hall–Kier alpha value is -3.66. The molecule has 2 heterocycles. The number of carbonyl (C=O) groups excluding carboxylic acids is 2. The van der Waals surface area contributed by atoms with E-state index in [1.807, 2.05) is 61.6 Å². The van der Waals surface area contributed by atoms with Gasteiger partial charge in [-0.3, -0.25) is 4.79 Å². The number of hydrogen-bond acceptors (Lipinski definition) is 7. The maximum Gasteiger partial charge on any atom is 0.293 e. The Morgan fingerprint density at radius 1 is 1.25 bits per heavy atom. The molecule has 0 fully saturated rings. The molecule has 0 aliphatic rings. The van der Waals surface area contributed by atoms with Gasteiger partial charge in [0.05, 0.1) is 18.3 Å². The molecule has 4 rings (SSSR count). The van der Waals surface area contributed by atoms with Gasteiger partial charge < -0.3 is 20.0 Å². The van der Waals surface area contributed by atoms with Crippen molar-refractivity contribution in [2.75, 3.05) is 24.7 Å². The summed E-state index contributed by atoms with van der Waals surface area (Å²) in [5.41, 5.74) is 3.06. The Kier molecular flexibility index (Phi) is 6.50. The topological polar surface area (TPSA) is 109 Å². The molecule has 32 heavy (non-hydrogen) atoms. The molecule has 1 atom stereocenters. The number of thioether (sulfide) groups is 1. The zero-order valence-electron chi connectivity index (χ0n) is 17.7. The van der Waals surface area contributed by atoms with Gasteiger partial charge in [-0.05, 0) is 29.0 Å². The molecule has 0 saturated heterocycles. The van der Waals surface area contributed by atoms with E-state index in [-0.39, 0.29) is 5.82 Å². The normalized spacial score (nSPS) is 11.9. The molecule has 9 nitrogen and oxygen atoms in total. The molecule has 0 saturated carbocycles. The number of nitrogens with one attached hydrogen (secondary N) is 2. The van der Waals surface area contributed by atoms with Gasteiger partial charge in [0.1, 0.15) is 6.29 Å². The standard InChI is InChI=1S/C22H23N7O2S/c1-28(2)19-10-16-8-9-23-18(16)11-20(19)32-14-17(13-30)24-22(31)21-25-27-29(26-21)12-15-6-4-3-5-7-15/h3-11,13,17,23H,12,14H2,1-2H3,(H,24,31)/t17-/m1/s1. The van der Waals surface area contributed by atoms with E-state index in [0.29, 0.717) is 12.3 Å². The molecule has 10 heteroatoms. The minimum Gasteiger partial charge on any atom is -0.377 e. The first-order valence-electron chi connectivity index (χ1n) is 10.0. The van der Waals surface area contributed by atoms with E-state index in [4.69, 9.17) is 0 Å². The Morgan fingerprint density at radius 2 is 2.06 bits per heavy atom. The molecule has 1 amide bonds. The van der Waals surface area contributed by atoms with Gasteiger partial charge in [-0.1, -0.05) is 30.3 Å². The summed E-state index contributed by atoms with van der Waals surface area (Å²) in [6.07, 6.45) is 2.62. The van der Waals surface area contributed by atoms with Crippen LogP contribution in [0, 0.1) is 0 Å². The van der Waals surface area contributed by atoms with Crippen LogP contribution in [-0.2, 0) is 11.3 Å². The van der Waals surface area contributed by atoms with E-state index in [9.17, 15) is 9.59 Å². The maximum absolute atomic E-state index is 12.5. The Bertz CT molecular complexity index is 1220. The number of hydrogen-bond donors (Lipinski definition) is 2. The van der Waals surface area contributed by atoms with Crippen molar-refractivity contribution in [2.24, 2.45) is 0 Å². The zero-order valence-corrected chi connectivity index (χ0v) is 18.5. The van der Waals surface area contributed by atoms with E-state index in [0.717, 1.165) is 33.3 Å². The Labute approximate surface area is 189 Å². The number of H-pyrrole nitrogens is 1. The predicted octanol–water partition coefficient (Wildman–Crippen LogP) is 2.36. The molecular weight excluding hydrogens is 426 g/mol. The number of amides is 1. The lowest BCUT2D eigenvalue weighted by molar-refractivity contribution is -0.109. The fourth-order valence-electron chi connectivity index (χ4n) is 3.21. The highest BCUT2D eigenvalue weighted by molar-refractivity contribution is 7.99. The van der Waals surface area contributed by atoms with Gasteiger partial charge in [0, 0.05) is 41.8 Å². The average Bonchev–Trinajstić information content (AvgIpc) is 3.45. The summed E-state index contributed by atoms with van der Waals surface area (Å²) in [4.78, 5) is 31.8. The lowest BCUT2D eigenvalue weighted by Crippen LogP contribution is -2.38. The minimum atomic E-state index is -0.692. The summed E-state index contributed by atoms with van der Waals surface area (Å²) < 4.78 is 0. The van der Waals surface area contributed by atoms with E-state index in [1.165, 1.54) is 16.6 Å². The highest BCUT2D eigenvalue weighted by atomic mass is 32.2. The van der Waals surface area contributed by atoms with Crippen molar-refractivity contribution >= 4 is 40.5 Å². The van der Waals surface area contributed by atoms with Gasteiger partial charge in [-0.15, -0.1) is 22.0 Å². The number of aldehydes is 1. The Balaban J connectivity index is 1.40. The van der Waals surface area contributed by atoms with E-state index < -0.39 is 11.9 Å². The van der Waals surface area contributed by atoms with Gasteiger partial charge in [0.25, 0.3) is 11.7 Å². The largest absolute Gasteiger partial charge is 0.377 e. The molecular formula is C22H23N7O2S. The predicted molar refractivity (Wildman–Crippen MR) is 124 cm³/mol. The minimum absolute atomic E-state index is 0.0698. The van der Waals surface area contributed by atoms with Crippen LogP contribution in [0.15, 0.2) is 59.6 Å². The summed E-state index contributed by atoms with van der Waals surface area (Å²) >= 11 is 1.50. The molecule has 0 unspecified atom stereocenters. The third-order valence-corrected chi connectivity index (χ3v) is 6.00. The number of tetrazole rings is 1. The summed E-state index contributed by atoms with van der Waals surface area (Å²) in [6, 6.07) is 15.1. The van der Waals surface area contributed by atoms with Crippen molar-refractivity contribution in [3.8, 4) is 0 Å². The number of benzene rings is 2. The number of fused-ring (bicyclic) bond motifs is 1. The Morgan fingerprint density at radius 3 is 2.81 bits per heavy atom. The van der Waals surface area contributed by atoms with Crippen molar-refractivity contribution in [3.63, 3.8) is 0 Å². The highest BCUT2D eigenvalue weighted by Gasteiger charge is 2.19. The lowest BCUT2D eigenvalue weighted by atomic mass is 10.2.